The first-order valence-electron chi connectivity index (χ1n) is 8.67. The average Bonchev–Trinajstić information content (AvgIpc) is 2.70. The maximum absolute atomic E-state index is 12.6. The molecule has 0 heterocycles. The number of hydroxylamine groups is 1. The van der Waals surface area contributed by atoms with Gasteiger partial charge in [0.1, 0.15) is 17.3 Å². The van der Waals surface area contributed by atoms with Crippen LogP contribution in [0.2, 0.25) is 0 Å². The Hall–Kier alpha value is -2.42. The van der Waals surface area contributed by atoms with Crippen molar-refractivity contribution in [2.75, 3.05) is 21.3 Å². The van der Waals surface area contributed by atoms with Gasteiger partial charge in [-0.2, -0.15) is 0 Å². The smallest absolute Gasteiger partial charge is 0.338 e. The van der Waals surface area contributed by atoms with E-state index < -0.39 is 16.0 Å². The molecule has 0 bridgehead atoms. The normalized spacial score (nSPS) is 11.7. The molecule has 0 spiro atoms. The highest BCUT2D eigenvalue weighted by Crippen LogP contribution is 2.28. The highest BCUT2D eigenvalue weighted by atomic mass is 32.2. The summed E-state index contributed by atoms with van der Waals surface area (Å²) in [7, 11) is -0.163. The van der Waals surface area contributed by atoms with E-state index in [2.05, 4.69) is 13.8 Å². The Kier molecular flexibility index (Phi) is 7.17. The molecule has 2 rings (SSSR count). The summed E-state index contributed by atoms with van der Waals surface area (Å²) in [6.07, 6.45) is 0. The van der Waals surface area contributed by atoms with Crippen LogP contribution in [0, 0.1) is 0 Å². The van der Waals surface area contributed by atoms with Gasteiger partial charge in [0.25, 0.3) is 10.0 Å². The van der Waals surface area contributed by atoms with E-state index in [1.807, 2.05) is 24.3 Å². The minimum atomic E-state index is -3.99. The number of carbonyl (C=O) groups excluding carboxylic acids is 1. The lowest BCUT2D eigenvalue weighted by Gasteiger charge is -2.17. The van der Waals surface area contributed by atoms with Crippen LogP contribution in [0.25, 0.3) is 0 Å². The highest BCUT2D eigenvalue weighted by molar-refractivity contribution is 7.89. The van der Waals surface area contributed by atoms with E-state index in [9.17, 15) is 13.2 Å². The fourth-order valence-corrected chi connectivity index (χ4v) is 3.63. The van der Waals surface area contributed by atoms with Crippen LogP contribution in [0.15, 0.2) is 47.4 Å². The molecule has 0 radical (unpaired) electrons. The molecule has 0 saturated carbocycles. The van der Waals surface area contributed by atoms with Gasteiger partial charge in [-0.3, -0.25) is 4.84 Å². The maximum Gasteiger partial charge on any atom is 0.338 e. The van der Waals surface area contributed by atoms with Crippen molar-refractivity contribution in [3.63, 3.8) is 0 Å². The Bertz CT molecular complexity index is 922. The summed E-state index contributed by atoms with van der Waals surface area (Å²) in [4.78, 5) is 17.0. The van der Waals surface area contributed by atoms with Crippen molar-refractivity contribution in [3.8, 4) is 5.75 Å². The molecule has 8 heteroatoms. The second kappa shape index (κ2) is 9.18. The van der Waals surface area contributed by atoms with Crippen LogP contribution in [0.5, 0.6) is 5.75 Å². The fraction of sp³-hybridized carbons (Fsp3) is 0.350. The molecule has 0 aliphatic rings. The van der Waals surface area contributed by atoms with Crippen molar-refractivity contribution in [1.82, 2.24) is 4.47 Å². The van der Waals surface area contributed by atoms with Gasteiger partial charge in [-0.1, -0.05) is 42.6 Å². The lowest BCUT2D eigenvalue weighted by Crippen LogP contribution is -2.26. The number of benzene rings is 2. The van der Waals surface area contributed by atoms with Gasteiger partial charge in [0.2, 0.25) is 0 Å². The standard InChI is InChI=1S/C20H25NO6S/c1-14(2)16-8-6-15(7-9-16)13-27-20(22)17-10-11-18(25-4)19(12-17)28(23,24)21(3)26-5/h6-12,14H,13H2,1-5H3. The molecule has 0 aliphatic carbocycles. The molecule has 2 aromatic carbocycles. The molecule has 7 nitrogen and oxygen atoms in total. The Balaban J connectivity index is 2.20. The summed E-state index contributed by atoms with van der Waals surface area (Å²) in [6, 6.07) is 11.9. The molecule has 28 heavy (non-hydrogen) atoms. The van der Waals surface area contributed by atoms with E-state index in [-0.39, 0.29) is 22.8 Å². The number of hydrogen-bond acceptors (Lipinski definition) is 6. The molecule has 0 fully saturated rings. The van der Waals surface area contributed by atoms with Crippen LogP contribution in [-0.2, 0) is 26.2 Å². The van der Waals surface area contributed by atoms with E-state index in [1.54, 1.807) is 0 Å². The van der Waals surface area contributed by atoms with Gasteiger partial charge in [-0.05, 0) is 35.2 Å². The first kappa shape index (κ1) is 21.9. The summed E-state index contributed by atoms with van der Waals surface area (Å²) in [5.41, 5.74) is 2.14. The third-order valence-electron chi connectivity index (χ3n) is 4.29. The lowest BCUT2D eigenvalue weighted by molar-refractivity contribution is -0.0259. The molecule has 152 valence electrons. The zero-order valence-electron chi connectivity index (χ0n) is 16.6. The van der Waals surface area contributed by atoms with Gasteiger partial charge in [-0.15, -0.1) is 0 Å². The third-order valence-corrected chi connectivity index (χ3v) is 5.99. The average molecular weight is 407 g/mol. The Morgan fingerprint density at radius 3 is 2.25 bits per heavy atom. The fourth-order valence-electron chi connectivity index (χ4n) is 2.47. The van der Waals surface area contributed by atoms with Crippen molar-refractivity contribution < 1.29 is 27.5 Å². The topological polar surface area (TPSA) is 82.1 Å². The summed E-state index contributed by atoms with van der Waals surface area (Å²) < 4.78 is 36.2. The van der Waals surface area contributed by atoms with Crippen LogP contribution in [-0.4, -0.2) is 40.1 Å². The van der Waals surface area contributed by atoms with Gasteiger partial charge >= 0.3 is 5.97 Å². The van der Waals surface area contributed by atoms with Crippen molar-refractivity contribution >= 4 is 16.0 Å². The van der Waals surface area contributed by atoms with Crippen molar-refractivity contribution in [2.24, 2.45) is 0 Å². The number of sulfonamides is 1. The monoisotopic (exact) mass is 407 g/mol. The molecule has 0 atom stereocenters. The molecular weight excluding hydrogens is 382 g/mol. The maximum atomic E-state index is 12.6. The van der Waals surface area contributed by atoms with Gasteiger partial charge in [0.15, 0.2) is 0 Å². The summed E-state index contributed by atoms with van der Waals surface area (Å²) >= 11 is 0. The Morgan fingerprint density at radius 1 is 1.07 bits per heavy atom. The number of ether oxygens (including phenoxy) is 2. The number of esters is 1. The predicted molar refractivity (Wildman–Crippen MR) is 105 cm³/mol. The van der Waals surface area contributed by atoms with Crippen LogP contribution < -0.4 is 4.74 Å². The number of carbonyl (C=O) groups is 1. The van der Waals surface area contributed by atoms with E-state index in [1.165, 1.54) is 45.0 Å². The summed E-state index contributed by atoms with van der Waals surface area (Å²) in [6.45, 7) is 4.29. The minimum Gasteiger partial charge on any atom is -0.495 e. The molecule has 0 saturated heterocycles. The van der Waals surface area contributed by atoms with Crippen LogP contribution >= 0.6 is 0 Å². The first-order chi connectivity index (χ1) is 13.2. The number of nitrogens with zero attached hydrogens (tertiary/aromatic N) is 1. The van der Waals surface area contributed by atoms with E-state index >= 15 is 0 Å². The van der Waals surface area contributed by atoms with Crippen LogP contribution in [0.4, 0.5) is 0 Å². The van der Waals surface area contributed by atoms with Crippen molar-refractivity contribution in [1.29, 1.82) is 0 Å². The largest absolute Gasteiger partial charge is 0.495 e. The minimum absolute atomic E-state index is 0.0866. The Morgan fingerprint density at radius 2 is 1.71 bits per heavy atom. The molecule has 0 aliphatic heterocycles. The number of methoxy groups -OCH3 is 1. The highest BCUT2D eigenvalue weighted by Gasteiger charge is 2.26. The van der Waals surface area contributed by atoms with Crippen molar-refractivity contribution in [2.45, 2.75) is 31.3 Å². The molecule has 0 unspecified atom stereocenters. The second-order valence-electron chi connectivity index (χ2n) is 6.44. The predicted octanol–water partition coefficient (Wildman–Crippen LogP) is 3.36. The SMILES string of the molecule is COc1ccc(C(=O)OCc2ccc(C(C)C)cc2)cc1S(=O)(=O)N(C)OC. The van der Waals surface area contributed by atoms with Gasteiger partial charge in [0, 0.05) is 7.05 Å². The van der Waals surface area contributed by atoms with Crippen LogP contribution in [0.3, 0.4) is 0 Å². The Labute approximate surface area is 165 Å². The molecule has 0 amide bonds. The van der Waals surface area contributed by atoms with E-state index in [0.29, 0.717) is 10.4 Å². The number of hydrogen-bond donors (Lipinski definition) is 0. The quantitative estimate of drug-likeness (QED) is 0.493. The summed E-state index contributed by atoms with van der Waals surface area (Å²) in [5.74, 6) is -0.113. The molecule has 2 aromatic rings. The van der Waals surface area contributed by atoms with E-state index in [4.69, 9.17) is 14.3 Å². The zero-order chi connectivity index (χ0) is 20.9. The van der Waals surface area contributed by atoms with Crippen LogP contribution in [0.1, 0.15) is 41.3 Å². The number of rotatable bonds is 8. The molecular formula is C20H25NO6S. The molecule has 0 aromatic heterocycles. The van der Waals surface area contributed by atoms with Crippen molar-refractivity contribution in [3.05, 3.63) is 59.2 Å². The van der Waals surface area contributed by atoms with E-state index in [0.717, 1.165) is 5.56 Å². The lowest BCUT2D eigenvalue weighted by atomic mass is 10.0. The van der Waals surface area contributed by atoms with Gasteiger partial charge in [-0.25, -0.2) is 13.2 Å². The van der Waals surface area contributed by atoms with Gasteiger partial charge < -0.3 is 9.47 Å². The zero-order valence-corrected chi connectivity index (χ0v) is 17.4. The first-order valence-corrected chi connectivity index (χ1v) is 10.1. The van der Waals surface area contributed by atoms with Gasteiger partial charge in [0.05, 0.1) is 19.8 Å². The second-order valence-corrected chi connectivity index (χ2v) is 8.34. The summed E-state index contributed by atoms with van der Waals surface area (Å²) in [5, 5.41) is 0. The molecule has 0 N–H and O–H groups in total. The third kappa shape index (κ3) is 4.89.